The van der Waals surface area contributed by atoms with Gasteiger partial charge in [0.25, 0.3) is 0 Å². The maximum Gasteiger partial charge on any atom is 0.407 e. The number of nitrogens with one attached hydrogen (secondary N) is 1. The van der Waals surface area contributed by atoms with Gasteiger partial charge in [-0.05, 0) is 31.9 Å². The van der Waals surface area contributed by atoms with Crippen molar-refractivity contribution in [2.75, 3.05) is 13.2 Å². The van der Waals surface area contributed by atoms with Crippen LogP contribution in [0.1, 0.15) is 31.9 Å². The molecule has 1 aliphatic heterocycles. The summed E-state index contributed by atoms with van der Waals surface area (Å²) in [5.41, 5.74) is 1.43. The molecule has 0 aliphatic carbocycles. The van der Waals surface area contributed by atoms with E-state index in [-0.39, 0.29) is 13.2 Å². The molecule has 0 saturated carbocycles. The third-order valence-corrected chi connectivity index (χ3v) is 5.00. The van der Waals surface area contributed by atoms with E-state index in [4.69, 9.17) is 18.9 Å². The van der Waals surface area contributed by atoms with Gasteiger partial charge in [0.05, 0.1) is 19.8 Å². The molecular weight excluding hydrogens is 410 g/mol. The molecule has 32 heavy (non-hydrogen) atoms. The summed E-state index contributed by atoms with van der Waals surface area (Å²) in [6.45, 7) is 6.10. The van der Waals surface area contributed by atoms with Crippen molar-refractivity contribution in [2.45, 2.75) is 64.0 Å². The summed E-state index contributed by atoms with van der Waals surface area (Å²) in [5, 5.41) is 12.7. The largest absolute Gasteiger partial charge is 0.444 e. The van der Waals surface area contributed by atoms with Crippen LogP contribution in [-0.2, 0) is 32.2 Å². The van der Waals surface area contributed by atoms with Crippen molar-refractivity contribution >= 4 is 6.09 Å². The molecule has 2 N–H and O–H groups in total. The highest BCUT2D eigenvalue weighted by molar-refractivity contribution is 5.67. The van der Waals surface area contributed by atoms with Crippen molar-refractivity contribution in [1.82, 2.24) is 5.32 Å². The third kappa shape index (κ3) is 7.31. The van der Waals surface area contributed by atoms with E-state index in [0.29, 0.717) is 13.2 Å². The highest BCUT2D eigenvalue weighted by Gasteiger charge is 2.46. The fourth-order valence-electron chi connectivity index (χ4n) is 3.55. The number of benzene rings is 2. The number of hydrogen-bond acceptors (Lipinski definition) is 6. The zero-order valence-electron chi connectivity index (χ0n) is 18.9. The third-order valence-electron chi connectivity index (χ3n) is 5.00. The van der Waals surface area contributed by atoms with Crippen molar-refractivity contribution in [3.63, 3.8) is 0 Å². The van der Waals surface area contributed by atoms with Gasteiger partial charge in [-0.15, -0.1) is 0 Å². The molecule has 1 aliphatic rings. The van der Waals surface area contributed by atoms with Crippen molar-refractivity contribution < 1.29 is 28.8 Å². The second-order valence-electron chi connectivity index (χ2n) is 8.80. The van der Waals surface area contributed by atoms with E-state index in [1.54, 1.807) is 20.8 Å². The lowest BCUT2D eigenvalue weighted by Gasteiger charge is -2.25. The van der Waals surface area contributed by atoms with Gasteiger partial charge in [0, 0.05) is 6.54 Å². The van der Waals surface area contributed by atoms with E-state index in [1.165, 1.54) is 0 Å². The Morgan fingerprint density at radius 2 is 1.41 bits per heavy atom. The Morgan fingerprint density at radius 3 is 1.88 bits per heavy atom. The van der Waals surface area contributed by atoms with Gasteiger partial charge in [-0.2, -0.15) is 0 Å². The first-order chi connectivity index (χ1) is 15.4. The van der Waals surface area contributed by atoms with Crippen LogP contribution < -0.4 is 5.32 Å². The quantitative estimate of drug-likeness (QED) is 0.618. The molecule has 2 aromatic rings. The monoisotopic (exact) mass is 443 g/mol. The van der Waals surface area contributed by atoms with Crippen LogP contribution in [0.25, 0.3) is 0 Å². The molecule has 174 valence electrons. The van der Waals surface area contributed by atoms with Gasteiger partial charge in [-0.25, -0.2) is 4.79 Å². The lowest BCUT2D eigenvalue weighted by molar-refractivity contribution is -0.0832. The fourth-order valence-corrected chi connectivity index (χ4v) is 3.55. The van der Waals surface area contributed by atoms with Crippen LogP contribution in [0.4, 0.5) is 4.79 Å². The van der Waals surface area contributed by atoms with Crippen LogP contribution in [0.15, 0.2) is 60.7 Å². The summed E-state index contributed by atoms with van der Waals surface area (Å²) >= 11 is 0. The smallest absolute Gasteiger partial charge is 0.407 e. The minimum absolute atomic E-state index is 0.177. The highest BCUT2D eigenvalue weighted by atomic mass is 16.6. The standard InChI is InChI=1S/C25H33NO6/c1-25(2,3)32-24(28)26-14-20-22(29-16-18-10-6-4-7-11-18)23(21(15-27)31-20)30-17-19-12-8-5-9-13-19/h4-13,20-23,27H,14-17H2,1-3H3,(H,26,28)/t20-,21+,22-,23-/m1/s1. The molecule has 1 heterocycles. The van der Waals surface area contributed by atoms with Crippen LogP contribution in [0.3, 0.4) is 0 Å². The molecule has 1 amide bonds. The SMILES string of the molecule is CC(C)(C)OC(=O)NC[C@H]1O[C@@H](CO)[C@@H](OCc2ccccc2)[C@@H]1OCc1ccccc1. The normalized spacial score (nSPS) is 23.1. The van der Waals surface area contributed by atoms with E-state index >= 15 is 0 Å². The number of rotatable bonds is 9. The molecule has 1 saturated heterocycles. The molecule has 7 heteroatoms. The number of carbonyl (C=O) groups is 1. The number of carbonyl (C=O) groups excluding carboxylic acids is 1. The maximum absolute atomic E-state index is 12.1. The summed E-state index contributed by atoms with van der Waals surface area (Å²) < 4.78 is 23.7. The van der Waals surface area contributed by atoms with Crippen molar-refractivity contribution in [2.24, 2.45) is 0 Å². The van der Waals surface area contributed by atoms with Crippen LogP contribution in [0.5, 0.6) is 0 Å². The predicted octanol–water partition coefficient (Wildman–Crippen LogP) is 3.44. The number of hydrogen-bond donors (Lipinski definition) is 2. The van der Waals surface area contributed by atoms with E-state index in [9.17, 15) is 9.90 Å². The molecule has 0 bridgehead atoms. The molecule has 0 spiro atoms. The lowest BCUT2D eigenvalue weighted by atomic mass is 10.1. The lowest BCUT2D eigenvalue weighted by Crippen LogP contribution is -2.43. The Morgan fingerprint density at radius 1 is 0.906 bits per heavy atom. The van der Waals surface area contributed by atoms with Crippen molar-refractivity contribution in [3.8, 4) is 0 Å². The highest BCUT2D eigenvalue weighted by Crippen LogP contribution is 2.28. The summed E-state index contributed by atoms with van der Waals surface area (Å²) in [6, 6.07) is 19.6. The van der Waals surface area contributed by atoms with Crippen LogP contribution >= 0.6 is 0 Å². The van der Waals surface area contributed by atoms with Crippen LogP contribution in [-0.4, -0.2) is 54.4 Å². The summed E-state index contributed by atoms with van der Waals surface area (Å²) in [4.78, 5) is 12.1. The number of aliphatic hydroxyl groups is 1. The average Bonchev–Trinajstić information content (AvgIpc) is 3.11. The van der Waals surface area contributed by atoms with Gasteiger partial charge in [0.2, 0.25) is 0 Å². The van der Waals surface area contributed by atoms with E-state index in [1.807, 2.05) is 60.7 Å². The Hall–Kier alpha value is -2.45. The fraction of sp³-hybridized carbons (Fsp3) is 0.480. The Labute approximate surface area is 189 Å². The maximum atomic E-state index is 12.1. The zero-order chi connectivity index (χ0) is 23.0. The minimum Gasteiger partial charge on any atom is -0.444 e. The van der Waals surface area contributed by atoms with Crippen LogP contribution in [0.2, 0.25) is 0 Å². The molecule has 0 radical (unpaired) electrons. The summed E-state index contributed by atoms with van der Waals surface area (Å²) in [6.07, 6.45) is -2.56. The number of aliphatic hydroxyl groups excluding tert-OH is 1. The molecule has 0 unspecified atom stereocenters. The molecule has 0 aromatic heterocycles. The van der Waals surface area contributed by atoms with E-state index in [2.05, 4.69) is 5.32 Å². The molecule has 3 rings (SSSR count). The van der Waals surface area contributed by atoms with Crippen molar-refractivity contribution in [1.29, 1.82) is 0 Å². The molecule has 1 fully saturated rings. The van der Waals surface area contributed by atoms with Crippen molar-refractivity contribution in [3.05, 3.63) is 71.8 Å². The topological polar surface area (TPSA) is 86.3 Å². The first kappa shape index (κ1) is 24.2. The van der Waals surface area contributed by atoms with Gasteiger partial charge in [-0.3, -0.25) is 0 Å². The second-order valence-corrected chi connectivity index (χ2v) is 8.80. The van der Waals surface area contributed by atoms with Gasteiger partial charge < -0.3 is 29.4 Å². The molecular formula is C25H33NO6. The minimum atomic E-state index is -0.598. The predicted molar refractivity (Wildman–Crippen MR) is 120 cm³/mol. The average molecular weight is 444 g/mol. The number of amides is 1. The number of alkyl carbamates (subject to hydrolysis) is 1. The second kappa shape index (κ2) is 11.4. The van der Waals surface area contributed by atoms with Crippen LogP contribution in [0, 0.1) is 0 Å². The van der Waals surface area contributed by atoms with Gasteiger partial charge in [-0.1, -0.05) is 60.7 Å². The Kier molecular flexibility index (Phi) is 8.64. The Balaban J connectivity index is 1.68. The first-order valence-electron chi connectivity index (χ1n) is 10.9. The Bertz CT molecular complexity index is 823. The molecule has 7 nitrogen and oxygen atoms in total. The van der Waals surface area contributed by atoms with E-state index < -0.39 is 36.1 Å². The summed E-state index contributed by atoms with van der Waals surface area (Å²) in [5.74, 6) is 0. The van der Waals surface area contributed by atoms with Gasteiger partial charge in [0.1, 0.15) is 30.0 Å². The van der Waals surface area contributed by atoms with Gasteiger partial charge in [0.15, 0.2) is 0 Å². The molecule has 4 atom stereocenters. The first-order valence-corrected chi connectivity index (χ1v) is 10.9. The zero-order valence-corrected chi connectivity index (χ0v) is 18.9. The molecule has 2 aromatic carbocycles. The summed E-state index contributed by atoms with van der Waals surface area (Å²) in [7, 11) is 0. The van der Waals surface area contributed by atoms with Gasteiger partial charge >= 0.3 is 6.09 Å². The van der Waals surface area contributed by atoms with E-state index in [0.717, 1.165) is 11.1 Å². The number of ether oxygens (including phenoxy) is 4.